The Balaban J connectivity index is 2.61. The quantitative estimate of drug-likeness (QED) is 0.577. The van der Waals surface area contributed by atoms with Gasteiger partial charge in [0.15, 0.2) is 6.04 Å². The average molecular weight is 263 g/mol. The highest BCUT2D eigenvalue weighted by atomic mass is 16.6. The first-order chi connectivity index (χ1) is 9.06. The van der Waals surface area contributed by atoms with Crippen LogP contribution in [0.1, 0.15) is 19.4 Å². The minimum Gasteiger partial charge on any atom is -0.480 e. The van der Waals surface area contributed by atoms with E-state index in [9.17, 15) is 9.59 Å². The number of hydrogen-bond acceptors (Lipinski definition) is 4. The van der Waals surface area contributed by atoms with Gasteiger partial charge in [0.25, 0.3) is 0 Å². The molecule has 1 atom stereocenters. The molecule has 1 aromatic carbocycles. The third kappa shape index (κ3) is 4.67. The zero-order valence-corrected chi connectivity index (χ0v) is 10.9. The second-order valence-corrected chi connectivity index (χ2v) is 4.38. The van der Waals surface area contributed by atoms with Gasteiger partial charge in [0.05, 0.1) is 6.61 Å². The number of aliphatic carboxylic acids is 1. The molecule has 5 nitrogen and oxygen atoms in total. The first kappa shape index (κ1) is 15.1. The second kappa shape index (κ2) is 7.48. The van der Waals surface area contributed by atoms with Gasteiger partial charge in [-0.15, -0.1) is 0 Å². The number of hydrogen-bond donors (Lipinski definition) is 2. The normalized spacial score (nSPS) is 11.9. The molecule has 2 N–H and O–H groups in total. The van der Waals surface area contributed by atoms with Gasteiger partial charge < -0.3 is 5.11 Å². The number of rotatable bonds is 7. The number of carboxylic acid groups (broad SMARTS) is 1. The van der Waals surface area contributed by atoms with E-state index in [0.29, 0.717) is 0 Å². The summed E-state index contributed by atoms with van der Waals surface area (Å²) in [6.45, 7) is 3.68. The lowest BCUT2D eigenvalue weighted by molar-refractivity contribution is -0.143. The van der Waals surface area contributed by atoms with Crippen LogP contribution in [0.4, 0.5) is 0 Å². The smallest absolute Gasteiger partial charge is 0.328 e. The van der Waals surface area contributed by atoms with Crippen molar-refractivity contribution in [3.63, 3.8) is 0 Å². The zero-order chi connectivity index (χ0) is 14.3. The Morgan fingerprint density at radius 3 is 2.47 bits per heavy atom. The van der Waals surface area contributed by atoms with Crippen LogP contribution in [0.25, 0.3) is 0 Å². The number of carboxylic acids is 1. The van der Waals surface area contributed by atoms with E-state index in [1.54, 1.807) is 19.8 Å². The van der Waals surface area contributed by atoms with Crippen molar-refractivity contribution >= 4 is 11.9 Å². The summed E-state index contributed by atoms with van der Waals surface area (Å²) < 4.78 is 0. The summed E-state index contributed by atoms with van der Waals surface area (Å²) in [7, 11) is 0. The van der Waals surface area contributed by atoms with Crippen molar-refractivity contribution < 1.29 is 19.5 Å². The van der Waals surface area contributed by atoms with Gasteiger partial charge in [-0.25, -0.2) is 4.79 Å². The molecule has 0 amide bonds. The number of carbonyl (C=O) groups excluding carboxylic acids is 1. The maximum absolute atomic E-state index is 11.1. The molecule has 0 aliphatic heterocycles. The molecule has 102 valence electrons. The summed E-state index contributed by atoms with van der Waals surface area (Å²) >= 11 is 0. The molecular formula is C14H17NO4. The van der Waals surface area contributed by atoms with E-state index in [0.717, 1.165) is 5.56 Å². The van der Waals surface area contributed by atoms with Crippen LogP contribution in [0.5, 0.6) is 0 Å². The Labute approximate surface area is 111 Å². The van der Waals surface area contributed by atoms with Gasteiger partial charge in [-0.3, -0.25) is 9.63 Å². The summed E-state index contributed by atoms with van der Waals surface area (Å²) in [5.41, 5.74) is 3.43. The molecule has 0 heterocycles. The van der Waals surface area contributed by atoms with Crippen molar-refractivity contribution in [3.05, 3.63) is 41.5 Å². The van der Waals surface area contributed by atoms with Crippen molar-refractivity contribution in [2.75, 3.05) is 0 Å². The van der Waals surface area contributed by atoms with Crippen LogP contribution in [0.3, 0.4) is 0 Å². The molecule has 0 unspecified atom stereocenters. The van der Waals surface area contributed by atoms with E-state index in [4.69, 9.17) is 9.94 Å². The van der Waals surface area contributed by atoms with Crippen molar-refractivity contribution in [1.82, 2.24) is 5.48 Å². The summed E-state index contributed by atoms with van der Waals surface area (Å²) in [5, 5.41) is 9.08. The molecule has 1 rings (SSSR count). The van der Waals surface area contributed by atoms with Crippen LogP contribution in [0, 0.1) is 5.92 Å². The maximum Gasteiger partial charge on any atom is 0.328 e. The van der Waals surface area contributed by atoms with E-state index in [1.807, 2.05) is 30.3 Å². The van der Waals surface area contributed by atoms with Crippen LogP contribution in [-0.2, 0) is 21.0 Å². The van der Waals surface area contributed by atoms with Crippen molar-refractivity contribution in [2.24, 2.45) is 5.92 Å². The number of nitrogens with one attached hydrogen (secondary N) is 1. The zero-order valence-electron chi connectivity index (χ0n) is 10.9. The Hall–Kier alpha value is -1.94. The van der Waals surface area contributed by atoms with E-state index in [2.05, 4.69) is 5.48 Å². The second-order valence-electron chi connectivity index (χ2n) is 4.38. The van der Waals surface area contributed by atoms with Gasteiger partial charge in [-0.2, -0.15) is 5.48 Å². The minimum atomic E-state index is -1.18. The topological polar surface area (TPSA) is 75.6 Å². The summed E-state index contributed by atoms with van der Waals surface area (Å²) in [4.78, 5) is 27.1. The molecule has 5 heteroatoms. The van der Waals surface area contributed by atoms with Crippen LogP contribution in [0.2, 0.25) is 0 Å². The fraction of sp³-hybridized carbons (Fsp3) is 0.357. The predicted molar refractivity (Wildman–Crippen MR) is 69.8 cm³/mol. The standard InChI is InChI=1S/C14H17NO4/c1-10(2)12(8-16)13(14(17)18)15-19-9-11-6-4-3-5-7-11/h3-7,10,13,15H,9H2,1-2H3,(H,17,18)/t13-/m0/s1. The van der Waals surface area contributed by atoms with Crippen LogP contribution in [0.15, 0.2) is 35.9 Å². The lowest BCUT2D eigenvalue weighted by atomic mass is 9.98. The number of carbonyl (C=O) groups is 1. The van der Waals surface area contributed by atoms with Gasteiger partial charge in [0, 0.05) is 5.57 Å². The Morgan fingerprint density at radius 2 is 2.00 bits per heavy atom. The van der Waals surface area contributed by atoms with Crippen molar-refractivity contribution in [1.29, 1.82) is 0 Å². The van der Waals surface area contributed by atoms with Crippen molar-refractivity contribution in [3.8, 4) is 0 Å². The lowest BCUT2D eigenvalue weighted by Gasteiger charge is -2.17. The molecule has 0 aromatic heterocycles. The molecule has 0 radical (unpaired) electrons. The first-order valence-electron chi connectivity index (χ1n) is 5.95. The maximum atomic E-state index is 11.1. The molecule has 0 spiro atoms. The largest absolute Gasteiger partial charge is 0.480 e. The van der Waals surface area contributed by atoms with E-state index in [1.165, 1.54) is 0 Å². The summed E-state index contributed by atoms with van der Waals surface area (Å²) in [5.74, 6) is 0.292. The molecule has 0 aliphatic rings. The molecule has 0 aliphatic carbocycles. The summed E-state index contributed by atoms with van der Waals surface area (Å²) in [6, 6.07) is 8.13. The number of hydroxylamine groups is 1. The SMILES string of the molecule is CC(C)C(=C=O)[C@H](NOCc1ccccc1)C(=O)O. The van der Waals surface area contributed by atoms with Gasteiger partial charge in [0.1, 0.15) is 5.94 Å². The molecule has 19 heavy (non-hydrogen) atoms. The third-order valence-electron chi connectivity index (χ3n) is 2.58. The van der Waals surface area contributed by atoms with E-state index < -0.39 is 12.0 Å². The molecular weight excluding hydrogens is 246 g/mol. The van der Waals surface area contributed by atoms with Gasteiger partial charge in [-0.05, 0) is 11.5 Å². The van der Waals surface area contributed by atoms with Gasteiger partial charge in [0.2, 0.25) is 0 Å². The predicted octanol–water partition coefficient (Wildman–Crippen LogP) is 1.57. The fourth-order valence-corrected chi connectivity index (χ4v) is 1.54. The molecule has 0 saturated heterocycles. The van der Waals surface area contributed by atoms with Crippen LogP contribution in [-0.4, -0.2) is 23.1 Å². The van der Waals surface area contributed by atoms with Crippen LogP contribution >= 0.6 is 0 Å². The first-order valence-corrected chi connectivity index (χ1v) is 5.95. The lowest BCUT2D eigenvalue weighted by Crippen LogP contribution is -2.40. The van der Waals surface area contributed by atoms with Gasteiger partial charge >= 0.3 is 5.97 Å². The highest BCUT2D eigenvalue weighted by molar-refractivity contribution is 5.81. The highest BCUT2D eigenvalue weighted by Gasteiger charge is 2.25. The average Bonchev–Trinajstić information content (AvgIpc) is 2.38. The molecule has 0 bridgehead atoms. The van der Waals surface area contributed by atoms with E-state index >= 15 is 0 Å². The number of benzene rings is 1. The molecule has 0 fully saturated rings. The Morgan fingerprint density at radius 1 is 1.37 bits per heavy atom. The summed E-state index contributed by atoms with van der Waals surface area (Å²) in [6.07, 6.45) is 0. The minimum absolute atomic E-state index is 0.126. The monoisotopic (exact) mass is 263 g/mol. The molecule has 0 saturated carbocycles. The van der Waals surface area contributed by atoms with Crippen LogP contribution < -0.4 is 5.48 Å². The van der Waals surface area contributed by atoms with Gasteiger partial charge in [-0.1, -0.05) is 44.2 Å². The fourth-order valence-electron chi connectivity index (χ4n) is 1.54. The third-order valence-corrected chi connectivity index (χ3v) is 2.58. The Kier molecular flexibility index (Phi) is 5.96. The van der Waals surface area contributed by atoms with E-state index in [-0.39, 0.29) is 18.1 Å². The highest BCUT2D eigenvalue weighted by Crippen LogP contribution is 2.11. The van der Waals surface area contributed by atoms with Crippen molar-refractivity contribution in [2.45, 2.75) is 26.5 Å². The Bertz CT molecular complexity index is 464. The molecule has 1 aromatic rings.